The Morgan fingerprint density at radius 1 is 1.00 bits per heavy atom. The average Bonchev–Trinajstić information content (AvgIpc) is 2.92. The van der Waals surface area contributed by atoms with Gasteiger partial charge in [0.1, 0.15) is 18.7 Å². The number of amides is 3. The van der Waals surface area contributed by atoms with Crippen LogP contribution in [0.4, 0.5) is 4.79 Å². The second-order valence-corrected chi connectivity index (χ2v) is 8.27. The van der Waals surface area contributed by atoms with E-state index >= 15 is 0 Å². The van der Waals surface area contributed by atoms with Gasteiger partial charge in [-0.3, -0.25) is 14.4 Å². The summed E-state index contributed by atoms with van der Waals surface area (Å²) in [5.41, 5.74) is 1.74. The van der Waals surface area contributed by atoms with Crippen LogP contribution in [0.3, 0.4) is 0 Å². The first-order valence-corrected chi connectivity index (χ1v) is 11.6. The second kappa shape index (κ2) is 13.1. The molecule has 1 saturated heterocycles. The summed E-state index contributed by atoms with van der Waals surface area (Å²) >= 11 is 0. The largest absolute Gasteiger partial charge is 0.469 e. The van der Waals surface area contributed by atoms with E-state index in [-0.39, 0.29) is 32.5 Å². The first kappa shape index (κ1) is 27.2. The van der Waals surface area contributed by atoms with E-state index in [2.05, 4.69) is 15.4 Å². The van der Waals surface area contributed by atoms with E-state index in [1.807, 2.05) is 18.2 Å². The molecule has 0 aliphatic carbocycles. The minimum atomic E-state index is -1.11. The van der Waals surface area contributed by atoms with Crippen molar-refractivity contribution in [1.29, 1.82) is 0 Å². The van der Waals surface area contributed by atoms with E-state index in [9.17, 15) is 24.0 Å². The minimum absolute atomic E-state index is 0.00149. The predicted octanol–water partition coefficient (Wildman–Crippen LogP) is 1.20. The van der Waals surface area contributed by atoms with Crippen molar-refractivity contribution in [3.05, 3.63) is 71.3 Å². The van der Waals surface area contributed by atoms with E-state index in [0.29, 0.717) is 11.1 Å². The highest BCUT2D eigenvalue weighted by molar-refractivity contribution is 5.94. The van der Waals surface area contributed by atoms with Crippen molar-refractivity contribution in [3.8, 4) is 0 Å². The monoisotopic (exact) mass is 511 g/mol. The zero-order valence-corrected chi connectivity index (χ0v) is 20.6. The summed E-state index contributed by atoms with van der Waals surface area (Å²) in [7, 11) is 2.47. The van der Waals surface area contributed by atoms with Crippen molar-refractivity contribution in [1.82, 2.24) is 15.5 Å². The van der Waals surface area contributed by atoms with Crippen molar-refractivity contribution in [3.63, 3.8) is 0 Å². The van der Waals surface area contributed by atoms with Crippen molar-refractivity contribution < 1.29 is 38.2 Å². The van der Waals surface area contributed by atoms with Gasteiger partial charge in [0.15, 0.2) is 0 Å². The molecule has 0 saturated carbocycles. The minimum Gasteiger partial charge on any atom is -0.469 e. The number of alkyl carbamates (subject to hydrolysis) is 1. The van der Waals surface area contributed by atoms with Crippen molar-refractivity contribution in [2.75, 3.05) is 27.3 Å². The molecule has 11 heteroatoms. The molecule has 1 heterocycles. The van der Waals surface area contributed by atoms with Crippen LogP contribution in [-0.2, 0) is 41.6 Å². The van der Waals surface area contributed by atoms with Crippen LogP contribution in [-0.4, -0.2) is 74.1 Å². The number of hydrogen-bond acceptors (Lipinski definition) is 8. The number of esters is 2. The van der Waals surface area contributed by atoms with Gasteiger partial charge in [-0.25, -0.2) is 9.59 Å². The molecular weight excluding hydrogens is 482 g/mol. The van der Waals surface area contributed by atoms with Gasteiger partial charge in [-0.2, -0.15) is 0 Å². The van der Waals surface area contributed by atoms with Crippen molar-refractivity contribution in [2.45, 2.75) is 31.5 Å². The molecule has 0 spiro atoms. The molecule has 1 aliphatic rings. The van der Waals surface area contributed by atoms with Gasteiger partial charge in [0.25, 0.3) is 0 Å². The average molecular weight is 512 g/mol. The van der Waals surface area contributed by atoms with E-state index in [4.69, 9.17) is 9.47 Å². The molecule has 0 unspecified atom stereocenters. The molecule has 0 bridgehead atoms. The summed E-state index contributed by atoms with van der Waals surface area (Å²) in [6.07, 6.45) is -1.10. The lowest BCUT2D eigenvalue weighted by molar-refractivity contribution is -0.151. The van der Waals surface area contributed by atoms with Gasteiger partial charge in [-0.05, 0) is 23.3 Å². The van der Waals surface area contributed by atoms with Crippen LogP contribution >= 0.6 is 0 Å². The number of hydrogen-bond donors (Lipinski definition) is 2. The van der Waals surface area contributed by atoms with Crippen LogP contribution in [0.25, 0.3) is 0 Å². The molecule has 2 N–H and O–H groups in total. The Morgan fingerprint density at radius 3 is 2.35 bits per heavy atom. The van der Waals surface area contributed by atoms with Crippen molar-refractivity contribution >= 4 is 29.8 Å². The lowest BCUT2D eigenvalue weighted by Gasteiger charge is -2.36. The fraction of sp³-hybridized carbons (Fsp3) is 0.346. The molecule has 3 amide bonds. The molecular formula is C26H29N3O8. The van der Waals surface area contributed by atoms with Crippen LogP contribution < -0.4 is 10.6 Å². The smallest absolute Gasteiger partial charge is 0.408 e. The Bertz CT molecular complexity index is 1120. The summed E-state index contributed by atoms with van der Waals surface area (Å²) in [6.45, 7) is 0.338. The van der Waals surface area contributed by atoms with Gasteiger partial charge in [-0.1, -0.05) is 42.5 Å². The normalized spacial score (nSPS) is 15.7. The van der Waals surface area contributed by atoms with Crippen LogP contribution in [0.5, 0.6) is 0 Å². The number of benzene rings is 2. The molecule has 0 radical (unpaired) electrons. The topological polar surface area (TPSA) is 140 Å². The Labute approximate surface area is 214 Å². The lowest BCUT2D eigenvalue weighted by atomic mass is 10.0. The third kappa shape index (κ3) is 7.53. The predicted molar refractivity (Wildman–Crippen MR) is 130 cm³/mol. The number of carbonyl (C=O) groups excluding carboxylic acids is 5. The highest BCUT2D eigenvalue weighted by atomic mass is 16.5. The van der Waals surface area contributed by atoms with Crippen molar-refractivity contribution in [2.24, 2.45) is 0 Å². The highest BCUT2D eigenvalue weighted by Crippen LogP contribution is 2.15. The maximum atomic E-state index is 13.6. The third-order valence-electron chi connectivity index (χ3n) is 5.82. The third-order valence-corrected chi connectivity index (χ3v) is 5.82. The van der Waals surface area contributed by atoms with Gasteiger partial charge in [0.2, 0.25) is 11.8 Å². The van der Waals surface area contributed by atoms with Crippen LogP contribution in [0.2, 0.25) is 0 Å². The standard InChI is InChI=1S/C26H29N3O8/c1-35-22(30)15-21-23(31)27-12-13-29(21)24(32)20(14-17-8-10-19(11-9-17)25(33)36-2)28-26(34)37-16-18-6-4-3-5-7-18/h3-11,20-21H,12-16H2,1-2H3,(H,27,31)(H,28,34)/t20-,21-/m0/s1. The second-order valence-electron chi connectivity index (χ2n) is 8.27. The Balaban J connectivity index is 1.80. The summed E-state index contributed by atoms with van der Waals surface area (Å²) in [5, 5.41) is 5.23. The Morgan fingerprint density at radius 2 is 1.70 bits per heavy atom. The van der Waals surface area contributed by atoms with E-state index < -0.39 is 41.9 Å². The molecule has 37 heavy (non-hydrogen) atoms. The number of nitrogens with zero attached hydrogens (tertiary/aromatic N) is 1. The van der Waals surface area contributed by atoms with Crippen LogP contribution in [0.1, 0.15) is 27.9 Å². The zero-order valence-electron chi connectivity index (χ0n) is 20.6. The molecule has 1 aliphatic heterocycles. The summed E-state index contributed by atoms with van der Waals surface area (Å²) in [6, 6.07) is 13.2. The number of piperazine rings is 1. The summed E-state index contributed by atoms with van der Waals surface area (Å²) < 4.78 is 14.7. The number of carbonyl (C=O) groups is 5. The van der Waals surface area contributed by atoms with E-state index in [1.165, 1.54) is 19.1 Å². The van der Waals surface area contributed by atoms with Crippen LogP contribution in [0, 0.1) is 0 Å². The molecule has 0 aromatic heterocycles. The SMILES string of the molecule is COC(=O)C[C@H]1C(=O)NCCN1C(=O)[C@H](Cc1ccc(C(=O)OC)cc1)NC(=O)OCc1ccccc1. The summed E-state index contributed by atoms with van der Waals surface area (Å²) in [4.78, 5) is 63.6. The van der Waals surface area contributed by atoms with Gasteiger partial charge < -0.3 is 29.7 Å². The van der Waals surface area contributed by atoms with E-state index in [0.717, 1.165) is 5.56 Å². The van der Waals surface area contributed by atoms with Gasteiger partial charge in [0.05, 0.1) is 26.2 Å². The number of nitrogens with one attached hydrogen (secondary N) is 2. The first-order chi connectivity index (χ1) is 17.8. The number of ether oxygens (including phenoxy) is 3. The fourth-order valence-electron chi connectivity index (χ4n) is 3.86. The maximum absolute atomic E-state index is 13.6. The summed E-state index contributed by atoms with van der Waals surface area (Å²) in [5.74, 6) is -2.20. The van der Waals surface area contributed by atoms with Crippen LogP contribution in [0.15, 0.2) is 54.6 Å². The molecule has 2 aromatic rings. The van der Waals surface area contributed by atoms with E-state index in [1.54, 1.807) is 36.4 Å². The molecule has 1 fully saturated rings. The maximum Gasteiger partial charge on any atom is 0.408 e. The lowest BCUT2D eigenvalue weighted by Crippen LogP contribution is -2.62. The molecule has 2 aromatic carbocycles. The Kier molecular flexibility index (Phi) is 9.59. The Hall–Kier alpha value is -4.41. The number of methoxy groups -OCH3 is 2. The quantitative estimate of drug-likeness (QED) is 0.378. The zero-order chi connectivity index (χ0) is 26.8. The van der Waals surface area contributed by atoms with Gasteiger partial charge >= 0.3 is 18.0 Å². The molecule has 196 valence electrons. The first-order valence-electron chi connectivity index (χ1n) is 11.6. The van der Waals surface area contributed by atoms with Gasteiger partial charge in [0, 0.05) is 19.5 Å². The number of rotatable bonds is 9. The molecule has 3 rings (SSSR count). The molecule has 11 nitrogen and oxygen atoms in total. The molecule has 2 atom stereocenters. The van der Waals surface area contributed by atoms with Gasteiger partial charge in [-0.15, -0.1) is 0 Å². The highest BCUT2D eigenvalue weighted by Gasteiger charge is 2.38. The fourth-order valence-corrected chi connectivity index (χ4v) is 3.86.